The Hall–Kier alpha value is -1.54. The van der Waals surface area contributed by atoms with Gasteiger partial charge >= 0.3 is 6.18 Å². The Morgan fingerprint density at radius 3 is 2.21 bits per heavy atom. The molecule has 4 heteroatoms. The fraction of sp³-hybridized carbons (Fsp3) is 0.200. The van der Waals surface area contributed by atoms with Gasteiger partial charge in [0.2, 0.25) is 0 Å². The summed E-state index contributed by atoms with van der Waals surface area (Å²) in [7, 11) is 0. The molecule has 0 aliphatic rings. The molecule has 0 saturated carbocycles. The number of allylic oxidation sites excluding steroid dienone is 1. The number of carbonyl (C=O) groups excluding carboxylic acids is 1. The largest absolute Gasteiger partial charge is 0.423 e. The van der Waals surface area contributed by atoms with E-state index in [1.54, 1.807) is 18.2 Å². The van der Waals surface area contributed by atoms with Gasteiger partial charge in [-0.25, -0.2) is 4.79 Å². The Morgan fingerprint density at radius 1 is 1.21 bits per heavy atom. The summed E-state index contributed by atoms with van der Waals surface area (Å²) in [6.07, 6.45) is -5.01. The predicted octanol–water partition coefficient (Wildman–Crippen LogP) is 2.55. The zero-order chi connectivity index (χ0) is 10.6. The van der Waals surface area contributed by atoms with Crippen molar-refractivity contribution in [2.75, 3.05) is 0 Å². The van der Waals surface area contributed by atoms with Gasteiger partial charge in [0.25, 0.3) is 0 Å². The molecule has 0 heterocycles. The van der Waals surface area contributed by atoms with Crippen molar-refractivity contribution in [1.82, 2.24) is 0 Å². The zero-order valence-electron chi connectivity index (χ0n) is 7.14. The van der Waals surface area contributed by atoms with Crippen LogP contribution in [0, 0.1) is 0 Å². The molecule has 14 heavy (non-hydrogen) atoms. The van der Waals surface area contributed by atoms with Gasteiger partial charge in [-0.05, 0) is 5.56 Å². The second kappa shape index (κ2) is 4.11. The molecular formula is C10H7F3O. The third kappa shape index (κ3) is 2.75. The minimum absolute atomic E-state index is 0.423. The second-order valence-corrected chi connectivity index (χ2v) is 2.74. The highest BCUT2D eigenvalue weighted by Gasteiger charge is 2.34. The van der Waals surface area contributed by atoms with Crippen LogP contribution in [-0.2, 0) is 11.2 Å². The Balaban J connectivity index is 2.84. The molecule has 0 N–H and O–H groups in total. The Kier molecular flexibility index (Phi) is 3.10. The van der Waals surface area contributed by atoms with Crippen molar-refractivity contribution in [2.45, 2.75) is 12.6 Å². The van der Waals surface area contributed by atoms with Crippen molar-refractivity contribution in [2.24, 2.45) is 0 Å². The third-order valence-electron chi connectivity index (χ3n) is 1.69. The van der Waals surface area contributed by atoms with Crippen LogP contribution in [0.3, 0.4) is 0 Å². The van der Waals surface area contributed by atoms with Crippen LogP contribution in [0.25, 0.3) is 0 Å². The molecule has 0 bridgehead atoms. The van der Waals surface area contributed by atoms with Crippen LogP contribution in [0.15, 0.2) is 35.9 Å². The quantitative estimate of drug-likeness (QED) is 0.670. The van der Waals surface area contributed by atoms with Crippen LogP contribution in [0.5, 0.6) is 0 Å². The number of hydrogen-bond donors (Lipinski definition) is 0. The molecule has 0 amide bonds. The van der Waals surface area contributed by atoms with Gasteiger partial charge in [-0.2, -0.15) is 13.2 Å². The molecule has 0 atom stereocenters. The minimum atomic E-state index is -4.59. The Labute approximate surface area is 78.9 Å². The maximum Gasteiger partial charge on any atom is 0.423 e. The number of benzene rings is 1. The van der Waals surface area contributed by atoms with E-state index in [9.17, 15) is 18.0 Å². The summed E-state index contributed by atoms with van der Waals surface area (Å²) in [5, 5.41) is 0. The smallest absolute Gasteiger partial charge is 0.233 e. The highest BCUT2D eigenvalue weighted by molar-refractivity contribution is 5.55. The first-order valence-corrected chi connectivity index (χ1v) is 3.89. The van der Waals surface area contributed by atoms with E-state index in [0.29, 0.717) is 5.56 Å². The predicted molar refractivity (Wildman–Crippen MR) is 45.4 cm³/mol. The van der Waals surface area contributed by atoms with Crippen LogP contribution < -0.4 is 0 Å². The van der Waals surface area contributed by atoms with Gasteiger partial charge in [0.05, 0.1) is 0 Å². The number of hydrogen-bond acceptors (Lipinski definition) is 1. The summed E-state index contributed by atoms with van der Waals surface area (Å²) in [6.45, 7) is 0. The Bertz CT molecular complexity index is 347. The molecule has 1 rings (SSSR count). The summed E-state index contributed by atoms with van der Waals surface area (Å²) in [6, 6.07) is 8.00. The van der Waals surface area contributed by atoms with Crippen molar-refractivity contribution in [3.63, 3.8) is 0 Å². The van der Waals surface area contributed by atoms with Gasteiger partial charge in [0.15, 0.2) is 0 Å². The first-order chi connectivity index (χ1) is 6.54. The summed E-state index contributed by atoms with van der Waals surface area (Å²) < 4.78 is 36.3. The molecule has 74 valence electrons. The van der Waals surface area contributed by atoms with Crippen LogP contribution in [0.1, 0.15) is 5.56 Å². The second-order valence-electron chi connectivity index (χ2n) is 2.74. The molecule has 0 unspecified atom stereocenters. The first kappa shape index (κ1) is 10.5. The fourth-order valence-corrected chi connectivity index (χ4v) is 0.994. The third-order valence-corrected chi connectivity index (χ3v) is 1.69. The molecule has 0 radical (unpaired) electrons. The lowest BCUT2D eigenvalue weighted by molar-refractivity contribution is -0.0918. The van der Waals surface area contributed by atoms with Crippen molar-refractivity contribution >= 4 is 5.94 Å². The Morgan fingerprint density at radius 2 is 1.79 bits per heavy atom. The maximum absolute atomic E-state index is 12.1. The van der Waals surface area contributed by atoms with E-state index in [1.165, 1.54) is 12.1 Å². The molecule has 0 saturated heterocycles. The first-order valence-electron chi connectivity index (χ1n) is 3.89. The van der Waals surface area contributed by atoms with Crippen LogP contribution in [-0.4, -0.2) is 12.1 Å². The fourth-order valence-electron chi connectivity index (χ4n) is 0.994. The topological polar surface area (TPSA) is 17.1 Å². The van der Waals surface area contributed by atoms with Gasteiger partial charge in [-0.1, -0.05) is 30.3 Å². The molecular weight excluding hydrogens is 193 g/mol. The molecule has 0 aliphatic heterocycles. The van der Waals surface area contributed by atoms with Gasteiger partial charge in [0, 0.05) is 6.42 Å². The lowest BCUT2D eigenvalue weighted by Gasteiger charge is -2.07. The molecule has 1 aromatic rings. The molecule has 0 aromatic heterocycles. The SMILES string of the molecule is O=C=C(Cc1ccccc1)C(F)(F)F. The molecule has 0 aliphatic carbocycles. The van der Waals surface area contributed by atoms with E-state index < -0.39 is 18.2 Å². The van der Waals surface area contributed by atoms with E-state index in [-0.39, 0.29) is 0 Å². The zero-order valence-corrected chi connectivity index (χ0v) is 7.14. The maximum atomic E-state index is 12.1. The molecule has 0 spiro atoms. The lowest BCUT2D eigenvalue weighted by atomic mass is 10.1. The van der Waals surface area contributed by atoms with Crippen molar-refractivity contribution in [3.05, 3.63) is 41.5 Å². The summed E-state index contributed by atoms with van der Waals surface area (Å²) in [4.78, 5) is 10.1. The van der Waals surface area contributed by atoms with Gasteiger partial charge in [-0.15, -0.1) is 0 Å². The lowest BCUT2D eigenvalue weighted by Crippen LogP contribution is -2.14. The highest BCUT2D eigenvalue weighted by atomic mass is 19.4. The summed E-state index contributed by atoms with van der Waals surface area (Å²) in [5.74, 6) is 0.932. The van der Waals surface area contributed by atoms with Crippen LogP contribution in [0.2, 0.25) is 0 Å². The van der Waals surface area contributed by atoms with Crippen molar-refractivity contribution in [1.29, 1.82) is 0 Å². The average molecular weight is 200 g/mol. The van der Waals surface area contributed by atoms with Crippen LogP contribution in [0.4, 0.5) is 13.2 Å². The number of rotatable bonds is 2. The van der Waals surface area contributed by atoms with Gasteiger partial charge in [-0.3, -0.25) is 0 Å². The van der Waals surface area contributed by atoms with E-state index in [0.717, 1.165) is 5.94 Å². The summed E-state index contributed by atoms with van der Waals surface area (Å²) >= 11 is 0. The normalized spacial score (nSPS) is 10.8. The van der Waals surface area contributed by atoms with Crippen molar-refractivity contribution in [3.8, 4) is 0 Å². The van der Waals surface area contributed by atoms with Crippen LogP contribution >= 0.6 is 0 Å². The van der Waals surface area contributed by atoms with E-state index in [2.05, 4.69) is 0 Å². The van der Waals surface area contributed by atoms with E-state index in [1.807, 2.05) is 0 Å². The van der Waals surface area contributed by atoms with Crippen molar-refractivity contribution < 1.29 is 18.0 Å². The van der Waals surface area contributed by atoms with Gasteiger partial charge in [0.1, 0.15) is 11.5 Å². The monoisotopic (exact) mass is 200 g/mol. The molecule has 1 nitrogen and oxygen atoms in total. The number of alkyl halides is 3. The molecule has 1 aromatic carbocycles. The summed E-state index contributed by atoms with van der Waals surface area (Å²) in [5.41, 5.74) is -0.730. The highest BCUT2D eigenvalue weighted by Crippen LogP contribution is 2.26. The molecule has 0 fully saturated rings. The minimum Gasteiger partial charge on any atom is -0.233 e. The standard InChI is InChI=1S/C10H7F3O/c11-10(12,13)9(7-14)6-8-4-2-1-3-5-8/h1-5H,6H2. The van der Waals surface area contributed by atoms with E-state index >= 15 is 0 Å². The van der Waals surface area contributed by atoms with E-state index in [4.69, 9.17) is 0 Å². The number of halogens is 3. The van der Waals surface area contributed by atoms with Gasteiger partial charge < -0.3 is 0 Å². The average Bonchev–Trinajstić information content (AvgIpc) is 2.14.